The fraction of sp³-hybridized carbons (Fsp3) is 0.261. The zero-order valence-electron chi connectivity index (χ0n) is 15.5. The molecule has 0 atom stereocenters. The fourth-order valence-corrected chi connectivity index (χ4v) is 4.24. The molecule has 28 heavy (non-hydrogen) atoms. The highest BCUT2D eigenvalue weighted by molar-refractivity contribution is 6.33. The lowest BCUT2D eigenvalue weighted by Gasteiger charge is -2.28. The quantitative estimate of drug-likeness (QED) is 0.595. The van der Waals surface area contributed by atoms with Crippen LogP contribution < -0.4 is 5.32 Å². The van der Waals surface area contributed by atoms with Crippen LogP contribution in [0.5, 0.6) is 0 Å². The summed E-state index contributed by atoms with van der Waals surface area (Å²) in [6.07, 6.45) is 3.79. The summed E-state index contributed by atoms with van der Waals surface area (Å²) in [5.74, 6) is 1.04. The monoisotopic (exact) mass is 395 g/mol. The Labute approximate surface area is 169 Å². The van der Waals surface area contributed by atoms with E-state index < -0.39 is 5.41 Å². The number of carbonyl (C=O) groups excluding carboxylic acids is 1. The Bertz CT molecular complexity index is 975. The molecule has 1 fully saturated rings. The van der Waals surface area contributed by atoms with E-state index >= 15 is 0 Å². The first-order chi connectivity index (χ1) is 13.6. The smallest absolute Gasteiger partial charge is 0.235 e. The molecule has 3 aromatic rings. The Balaban J connectivity index is 1.63. The first-order valence-corrected chi connectivity index (χ1v) is 9.87. The highest BCUT2D eigenvalue weighted by Crippen LogP contribution is 2.42. The summed E-state index contributed by atoms with van der Waals surface area (Å²) < 4.78 is 5.60. The number of benzene rings is 2. The molecule has 0 aliphatic heterocycles. The molecule has 2 aromatic carbocycles. The molecule has 4 nitrogen and oxygen atoms in total. The first-order valence-electron chi connectivity index (χ1n) is 9.49. The van der Waals surface area contributed by atoms with Crippen LogP contribution in [0.4, 0.5) is 5.69 Å². The number of halogens is 1. The third-order valence-corrected chi connectivity index (χ3v) is 5.85. The number of furan rings is 1. The zero-order valence-corrected chi connectivity index (χ0v) is 16.2. The highest BCUT2D eigenvalue weighted by Gasteiger charge is 2.42. The van der Waals surface area contributed by atoms with Gasteiger partial charge in [0, 0.05) is 11.3 Å². The number of rotatable bonds is 5. The number of anilines is 1. The minimum atomic E-state index is -0.490. The molecule has 144 valence electrons. The molecule has 1 heterocycles. The van der Waals surface area contributed by atoms with E-state index in [0.717, 1.165) is 31.2 Å². The highest BCUT2D eigenvalue weighted by atomic mass is 35.5. The van der Waals surface area contributed by atoms with E-state index in [4.69, 9.17) is 16.0 Å². The summed E-state index contributed by atoms with van der Waals surface area (Å²) in [5, 5.41) is 12.8. The Morgan fingerprint density at radius 2 is 1.82 bits per heavy atom. The standard InChI is InChI=1S/C23H22ClNO3/c24-20-10-8-17(14-19(20)21-11-9-18(15-26)28-21)25-22(27)23(12-4-5-13-23)16-6-2-1-3-7-16/h1-3,6-11,14,26H,4-5,12-13,15H2,(H,25,27). The average molecular weight is 396 g/mol. The van der Waals surface area contributed by atoms with Crippen LogP contribution in [0.3, 0.4) is 0 Å². The molecule has 1 saturated carbocycles. The van der Waals surface area contributed by atoms with Crippen molar-refractivity contribution >= 4 is 23.2 Å². The van der Waals surface area contributed by atoms with Gasteiger partial charge in [-0.2, -0.15) is 0 Å². The van der Waals surface area contributed by atoms with Crippen LogP contribution in [0.15, 0.2) is 65.1 Å². The normalized spacial score (nSPS) is 15.5. The number of hydrogen-bond acceptors (Lipinski definition) is 3. The van der Waals surface area contributed by atoms with Gasteiger partial charge in [-0.15, -0.1) is 0 Å². The summed E-state index contributed by atoms with van der Waals surface area (Å²) in [6.45, 7) is -0.173. The molecule has 1 aliphatic carbocycles. The summed E-state index contributed by atoms with van der Waals surface area (Å²) >= 11 is 6.33. The summed E-state index contributed by atoms with van der Waals surface area (Å²) in [4.78, 5) is 13.3. The van der Waals surface area contributed by atoms with E-state index in [-0.39, 0.29) is 12.5 Å². The van der Waals surface area contributed by atoms with E-state index in [1.54, 1.807) is 24.3 Å². The maximum Gasteiger partial charge on any atom is 0.235 e. The van der Waals surface area contributed by atoms with Crippen LogP contribution in [0.2, 0.25) is 5.02 Å². The van der Waals surface area contributed by atoms with Crippen LogP contribution in [-0.4, -0.2) is 11.0 Å². The van der Waals surface area contributed by atoms with Crippen molar-refractivity contribution < 1.29 is 14.3 Å². The van der Waals surface area contributed by atoms with Crippen molar-refractivity contribution in [2.45, 2.75) is 37.7 Å². The van der Waals surface area contributed by atoms with Crippen LogP contribution in [0.25, 0.3) is 11.3 Å². The molecule has 0 bridgehead atoms. The lowest BCUT2D eigenvalue weighted by molar-refractivity contribution is -0.121. The summed E-state index contributed by atoms with van der Waals surface area (Å²) in [5.41, 5.74) is 1.93. The number of amides is 1. The molecule has 1 aromatic heterocycles. The molecular formula is C23H22ClNO3. The van der Waals surface area contributed by atoms with Crippen molar-refractivity contribution in [3.8, 4) is 11.3 Å². The van der Waals surface area contributed by atoms with Crippen LogP contribution in [0.1, 0.15) is 37.0 Å². The molecule has 0 radical (unpaired) electrons. The maximum atomic E-state index is 13.3. The van der Waals surface area contributed by atoms with Gasteiger partial charge in [0.2, 0.25) is 5.91 Å². The van der Waals surface area contributed by atoms with Crippen LogP contribution >= 0.6 is 11.6 Å². The Hall–Kier alpha value is -2.56. The molecule has 1 aliphatic rings. The van der Waals surface area contributed by atoms with Crippen molar-refractivity contribution in [1.82, 2.24) is 0 Å². The van der Waals surface area contributed by atoms with Gasteiger partial charge in [0.25, 0.3) is 0 Å². The lowest BCUT2D eigenvalue weighted by atomic mass is 9.78. The first kappa shape index (κ1) is 18.8. The number of nitrogens with one attached hydrogen (secondary N) is 1. The Morgan fingerprint density at radius 3 is 2.50 bits per heavy atom. The van der Waals surface area contributed by atoms with E-state index in [1.165, 1.54) is 0 Å². The lowest BCUT2D eigenvalue weighted by Crippen LogP contribution is -2.37. The van der Waals surface area contributed by atoms with Gasteiger partial charge in [0.1, 0.15) is 18.1 Å². The fourth-order valence-electron chi connectivity index (χ4n) is 4.03. The van der Waals surface area contributed by atoms with E-state index in [1.807, 2.05) is 36.4 Å². The third kappa shape index (κ3) is 3.46. The summed E-state index contributed by atoms with van der Waals surface area (Å²) in [6, 6.07) is 18.9. The number of aliphatic hydroxyl groups is 1. The van der Waals surface area contributed by atoms with E-state index in [0.29, 0.717) is 27.8 Å². The summed E-state index contributed by atoms with van der Waals surface area (Å²) in [7, 11) is 0. The largest absolute Gasteiger partial charge is 0.459 e. The van der Waals surface area contributed by atoms with Gasteiger partial charge in [0.15, 0.2) is 0 Å². The predicted molar refractivity (Wildman–Crippen MR) is 110 cm³/mol. The van der Waals surface area contributed by atoms with Crippen LogP contribution in [-0.2, 0) is 16.8 Å². The van der Waals surface area contributed by atoms with Gasteiger partial charge >= 0.3 is 0 Å². The van der Waals surface area contributed by atoms with Gasteiger partial charge < -0.3 is 14.8 Å². The second-order valence-electron chi connectivity index (χ2n) is 7.23. The van der Waals surface area contributed by atoms with Crippen molar-refractivity contribution in [2.75, 3.05) is 5.32 Å². The maximum absolute atomic E-state index is 13.3. The van der Waals surface area contributed by atoms with E-state index in [2.05, 4.69) is 5.32 Å². The van der Waals surface area contributed by atoms with Gasteiger partial charge in [-0.3, -0.25) is 4.79 Å². The molecule has 1 amide bonds. The topological polar surface area (TPSA) is 62.5 Å². The molecule has 0 saturated heterocycles. The molecule has 4 rings (SSSR count). The number of aliphatic hydroxyl groups excluding tert-OH is 1. The number of hydrogen-bond donors (Lipinski definition) is 2. The van der Waals surface area contributed by atoms with Crippen molar-refractivity contribution in [1.29, 1.82) is 0 Å². The van der Waals surface area contributed by atoms with E-state index in [9.17, 15) is 9.90 Å². The van der Waals surface area contributed by atoms with Crippen molar-refractivity contribution in [3.05, 3.63) is 77.0 Å². The number of carbonyl (C=O) groups is 1. The molecule has 0 spiro atoms. The third-order valence-electron chi connectivity index (χ3n) is 5.53. The minimum absolute atomic E-state index is 0.0139. The van der Waals surface area contributed by atoms with Crippen molar-refractivity contribution in [2.24, 2.45) is 0 Å². The second-order valence-corrected chi connectivity index (χ2v) is 7.64. The second kappa shape index (κ2) is 7.82. The zero-order chi connectivity index (χ0) is 19.6. The minimum Gasteiger partial charge on any atom is -0.459 e. The Kier molecular flexibility index (Phi) is 5.25. The van der Waals surface area contributed by atoms with Crippen molar-refractivity contribution in [3.63, 3.8) is 0 Å². The molecule has 0 unspecified atom stereocenters. The average Bonchev–Trinajstić information content (AvgIpc) is 3.40. The Morgan fingerprint density at radius 1 is 1.07 bits per heavy atom. The van der Waals surface area contributed by atoms with Gasteiger partial charge in [0.05, 0.1) is 10.4 Å². The van der Waals surface area contributed by atoms with Crippen LogP contribution in [0, 0.1) is 0 Å². The van der Waals surface area contributed by atoms with Gasteiger partial charge in [-0.25, -0.2) is 0 Å². The SMILES string of the molecule is O=C(Nc1ccc(Cl)c(-c2ccc(CO)o2)c1)C1(c2ccccc2)CCCC1. The predicted octanol–water partition coefficient (Wildman–Crippen LogP) is 5.54. The van der Waals surface area contributed by atoms with Gasteiger partial charge in [-0.05, 0) is 48.7 Å². The van der Waals surface area contributed by atoms with Gasteiger partial charge in [-0.1, -0.05) is 54.8 Å². The molecule has 2 N–H and O–H groups in total. The molecule has 5 heteroatoms. The molecular weight excluding hydrogens is 374 g/mol.